The van der Waals surface area contributed by atoms with Crippen LogP contribution >= 0.6 is 0 Å². The predicted octanol–water partition coefficient (Wildman–Crippen LogP) is 3.08. The smallest absolute Gasteiger partial charge is 0.287 e. The first kappa shape index (κ1) is 21.2. The van der Waals surface area contributed by atoms with Crippen LogP contribution in [-0.2, 0) is 17.6 Å². The van der Waals surface area contributed by atoms with Crippen molar-refractivity contribution in [2.24, 2.45) is 0 Å². The van der Waals surface area contributed by atoms with E-state index in [1.54, 1.807) is 14.0 Å². The second-order valence-electron chi connectivity index (χ2n) is 8.25. The van der Waals surface area contributed by atoms with E-state index in [-0.39, 0.29) is 29.4 Å². The summed E-state index contributed by atoms with van der Waals surface area (Å²) in [6.07, 6.45) is 3.63. The minimum absolute atomic E-state index is 0.0277. The summed E-state index contributed by atoms with van der Waals surface area (Å²) in [6, 6.07) is 7.51. The normalized spacial score (nSPS) is 16.7. The van der Waals surface area contributed by atoms with Gasteiger partial charge in [0.15, 0.2) is 11.5 Å². The Kier molecular flexibility index (Phi) is 6.11. The summed E-state index contributed by atoms with van der Waals surface area (Å²) in [6.45, 7) is 2.95. The summed E-state index contributed by atoms with van der Waals surface area (Å²) in [4.78, 5) is 39.5. The molecule has 31 heavy (non-hydrogen) atoms. The number of ether oxygens (including phenoxy) is 1. The second kappa shape index (κ2) is 8.96. The van der Waals surface area contributed by atoms with E-state index in [0.29, 0.717) is 67.8 Å². The lowest BCUT2D eigenvalue weighted by Crippen LogP contribution is -2.47. The lowest BCUT2D eigenvalue weighted by atomic mass is 9.94. The standard InChI is InChI=1S/C24H28N2O5/c1-15-22-18(27)7-5-9-20(22)31-23(15)24(29)25-17-10-12-26(13-11-17)21(28)14-16-6-3-4-8-19(16)30-2/h3-4,6,8,17H,5,7,9-14H2,1-2H3,(H,25,29). The van der Waals surface area contributed by atoms with Crippen LogP contribution in [0.5, 0.6) is 5.75 Å². The number of para-hydroxylation sites is 1. The van der Waals surface area contributed by atoms with Gasteiger partial charge in [0.2, 0.25) is 5.91 Å². The van der Waals surface area contributed by atoms with Gasteiger partial charge in [-0.15, -0.1) is 0 Å². The molecule has 1 saturated heterocycles. The molecule has 2 amide bonds. The first-order valence-corrected chi connectivity index (χ1v) is 10.8. The van der Waals surface area contributed by atoms with Gasteiger partial charge in [0.1, 0.15) is 11.5 Å². The number of nitrogens with zero attached hydrogens (tertiary/aromatic N) is 1. The number of nitrogens with one attached hydrogen (secondary N) is 1. The number of hydrogen-bond acceptors (Lipinski definition) is 5. The van der Waals surface area contributed by atoms with E-state index in [1.807, 2.05) is 29.2 Å². The minimum Gasteiger partial charge on any atom is -0.496 e. The van der Waals surface area contributed by atoms with Gasteiger partial charge in [-0.1, -0.05) is 18.2 Å². The first-order chi connectivity index (χ1) is 15.0. The first-order valence-electron chi connectivity index (χ1n) is 10.8. The van der Waals surface area contributed by atoms with Gasteiger partial charge in [-0.2, -0.15) is 0 Å². The zero-order valence-corrected chi connectivity index (χ0v) is 18.0. The van der Waals surface area contributed by atoms with Crippen LogP contribution in [0.1, 0.15) is 63.5 Å². The highest BCUT2D eigenvalue weighted by Gasteiger charge is 2.30. The number of carbonyl (C=O) groups is 3. The third-order valence-corrected chi connectivity index (χ3v) is 6.23. The fraction of sp³-hybridized carbons (Fsp3) is 0.458. The number of benzene rings is 1. The van der Waals surface area contributed by atoms with Crippen molar-refractivity contribution < 1.29 is 23.5 Å². The molecule has 2 aliphatic rings. The second-order valence-corrected chi connectivity index (χ2v) is 8.25. The van der Waals surface area contributed by atoms with Crippen molar-refractivity contribution in [2.45, 2.75) is 51.5 Å². The molecule has 1 aromatic heterocycles. The molecule has 7 nitrogen and oxygen atoms in total. The van der Waals surface area contributed by atoms with E-state index in [4.69, 9.17) is 9.15 Å². The van der Waals surface area contributed by atoms with Crippen molar-refractivity contribution in [1.82, 2.24) is 10.2 Å². The molecular formula is C24H28N2O5. The van der Waals surface area contributed by atoms with Crippen LogP contribution in [0.4, 0.5) is 0 Å². The van der Waals surface area contributed by atoms with Crippen LogP contribution in [0, 0.1) is 6.92 Å². The average Bonchev–Trinajstić information content (AvgIpc) is 3.12. The largest absolute Gasteiger partial charge is 0.496 e. The Morgan fingerprint density at radius 2 is 1.94 bits per heavy atom. The molecule has 164 valence electrons. The maximum atomic E-state index is 12.8. The van der Waals surface area contributed by atoms with E-state index in [9.17, 15) is 14.4 Å². The SMILES string of the molecule is COc1ccccc1CC(=O)N1CCC(NC(=O)c2oc3c(c2C)C(=O)CCC3)CC1. The summed E-state index contributed by atoms with van der Waals surface area (Å²) >= 11 is 0. The number of hydrogen-bond donors (Lipinski definition) is 1. The van der Waals surface area contributed by atoms with Gasteiger partial charge in [-0.3, -0.25) is 14.4 Å². The number of aryl methyl sites for hydroxylation is 1. The number of carbonyl (C=O) groups excluding carboxylic acids is 3. The van der Waals surface area contributed by atoms with E-state index < -0.39 is 0 Å². The number of methoxy groups -OCH3 is 1. The van der Waals surface area contributed by atoms with Gasteiger partial charge in [0.05, 0.1) is 19.1 Å². The zero-order valence-electron chi connectivity index (χ0n) is 18.0. The zero-order chi connectivity index (χ0) is 22.0. The summed E-state index contributed by atoms with van der Waals surface area (Å²) in [5.41, 5.74) is 2.10. The van der Waals surface area contributed by atoms with Gasteiger partial charge in [-0.25, -0.2) is 0 Å². The highest BCUT2D eigenvalue weighted by Crippen LogP contribution is 2.29. The summed E-state index contributed by atoms with van der Waals surface area (Å²) in [5.74, 6) is 1.43. The topological polar surface area (TPSA) is 88.8 Å². The lowest BCUT2D eigenvalue weighted by molar-refractivity contribution is -0.131. The van der Waals surface area contributed by atoms with E-state index in [1.165, 1.54) is 0 Å². The molecule has 1 aromatic carbocycles. The molecule has 0 saturated carbocycles. The Morgan fingerprint density at radius 1 is 1.19 bits per heavy atom. The maximum absolute atomic E-state index is 12.8. The fourth-order valence-corrected chi connectivity index (χ4v) is 4.51. The van der Waals surface area contributed by atoms with Gasteiger partial charge < -0.3 is 19.4 Å². The molecule has 1 aliphatic carbocycles. The number of likely N-dealkylation sites (tertiary alicyclic amines) is 1. The number of rotatable bonds is 5. The number of Topliss-reactive ketones (excluding diaryl/α,β-unsaturated/α-hetero) is 1. The average molecular weight is 424 g/mol. The maximum Gasteiger partial charge on any atom is 0.287 e. The highest BCUT2D eigenvalue weighted by atomic mass is 16.5. The van der Waals surface area contributed by atoms with Gasteiger partial charge in [-0.05, 0) is 32.3 Å². The van der Waals surface area contributed by atoms with Crippen LogP contribution in [0.15, 0.2) is 28.7 Å². The number of amides is 2. The van der Waals surface area contributed by atoms with Crippen molar-refractivity contribution in [3.8, 4) is 5.75 Å². The molecule has 0 atom stereocenters. The Bertz CT molecular complexity index is 1000. The molecule has 0 spiro atoms. The van der Waals surface area contributed by atoms with E-state index in [0.717, 1.165) is 12.0 Å². The van der Waals surface area contributed by atoms with Gasteiger partial charge in [0.25, 0.3) is 5.91 Å². The van der Waals surface area contributed by atoms with Crippen LogP contribution < -0.4 is 10.1 Å². The van der Waals surface area contributed by atoms with Crippen molar-refractivity contribution >= 4 is 17.6 Å². The number of ketones is 1. The summed E-state index contributed by atoms with van der Waals surface area (Å²) < 4.78 is 11.1. The van der Waals surface area contributed by atoms with Crippen LogP contribution in [0.3, 0.4) is 0 Å². The Balaban J connectivity index is 1.33. The van der Waals surface area contributed by atoms with Crippen LogP contribution in [-0.4, -0.2) is 48.7 Å². The predicted molar refractivity (Wildman–Crippen MR) is 114 cm³/mol. The molecule has 1 fully saturated rings. The van der Waals surface area contributed by atoms with Crippen molar-refractivity contribution in [3.05, 3.63) is 52.5 Å². The van der Waals surface area contributed by atoms with Gasteiger partial charge in [0, 0.05) is 43.1 Å². The molecule has 2 heterocycles. The van der Waals surface area contributed by atoms with Crippen molar-refractivity contribution in [1.29, 1.82) is 0 Å². The molecule has 4 rings (SSSR count). The van der Waals surface area contributed by atoms with Gasteiger partial charge >= 0.3 is 0 Å². The minimum atomic E-state index is -0.279. The molecular weight excluding hydrogens is 396 g/mol. The Labute approximate surface area is 181 Å². The van der Waals surface area contributed by atoms with Crippen LogP contribution in [0.2, 0.25) is 0 Å². The van der Waals surface area contributed by atoms with E-state index in [2.05, 4.69) is 5.32 Å². The molecule has 1 N–H and O–H groups in total. The Morgan fingerprint density at radius 3 is 2.65 bits per heavy atom. The number of fused-ring (bicyclic) bond motifs is 1. The Hall–Kier alpha value is -3.09. The quantitative estimate of drug-likeness (QED) is 0.797. The third kappa shape index (κ3) is 4.36. The fourth-order valence-electron chi connectivity index (χ4n) is 4.51. The summed E-state index contributed by atoms with van der Waals surface area (Å²) in [7, 11) is 1.60. The lowest BCUT2D eigenvalue weighted by Gasteiger charge is -2.32. The number of piperidine rings is 1. The number of furan rings is 1. The molecule has 0 bridgehead atoms. The third-order valence-electron chi connectivity index (χ3n) is 6.23. The highest BCUT2D eigenvalue weighted by molar-refractivity contribution is 6.03. The van der Waals surface area contributed by atoms with Crippen molar-refractivity contribution in [2.75, 3.05) is 20.2 Å². The molecule has 7 heteroatoms. The molecule has 0 radical (unpaired) electrons. The molecule has 0 unspecified atom stereocenters. The summed E-state index contributed by atoms with van der Waals surface area (Å²) in [5, 5.41) is 3.03. The van der Waals surface area contributed by atoms with Crippen molar-refractivity contribution in [3.63, 3.8) is 0 Å². The molecule has 2 aromatic rings. The monoisotopic (exact) mass is 424 g/mol. The van der Waals surface area contributed by atoms with Crippen LogP contribution in [0.25, 0.3) is 0 Å². The molecule has 1 aliphatic heterocycles. The van der Waals surface area contributed by atoms with E-state index >= 15 is 0 Å².